The van der Waals surface area contributed by atoms with Crippen LogP contribution in [0.3, 0.4) is 0 Å². The van der Waals surface area contributed by atoms with Crippen molar-refractivity contribution in [3.63, 3.8) is 0 Å². The summed E-state index contributed by atoms with van der Waals surface area (Å²) in [5.74, 6) is 0.199. The number of hydrogen-bond donors (Lipinski definition) is 0. The summed E-state index contributed by atoms with van der Waals surface area (Å²) < 4.78 is 4.31. The fourth-order valence-corrected chi connectivity index (χ4v) is 4.73. The van der Waals surface area contributed by atoms with Gasteiger partial charge < -0.3 is 9.13 Å². The molecule has 0 bridgehead atoms. The van der Waals surface area contributed by atoms with Gasteiger partial charge in [0.05, 0.1) is 30.9 Å². The highest BCUT2D eigenvalue weighted by Crippen LogP contribution is 2.31. The Morgan fingerprint density at radius 1 is 0.686 bits per heavy atom. The number of carbonyl (C=O) groups excluding carboxylic acids is 1. The van der Waals surface area contributed by atoms with Crippen molar-refractivity contribution < 1.29 is 4.79 Å². The molecule has 2 aliphatic heterocycles. The smallest absolute Gasteiger partial charge is 0.180 e. The van der Waals surface area contributed by atoms with Gasteiger partial charge in [0.15, 0.2) is 5.78 Å². The maximum Gasteiger partial charge on any atom is 0.180 e. The third-order valence-corrected chi connectivity index (χ3v) is 6.29. The van der Waals surface area contributed by atoms with Crippen LogP contribution in [0.25, 0.3) is 0 Å². The minimum absolute atomic E-state index is 0.199. The van der Waals surface area contributed by atoms with E-state index in [9.17, 15) is 4.79 Å². The molecule has 0 radical (unpaired) electrons. The Bertz CT molecular complexity index is 1150. The second-order valence-electron chi connectivity index (χ2n) is 8.19. The summed E-state index contributed by atoms with van der Waals surface area (Å²) >= 11 is 0. The standard InChI is InChI=1S/C13H12N2O.C13H14N2.2C2H6/c16-13-7-6-11(10-4-2-1-3-5-10)15-9-14-8-12(13)15;1-2-5-11(6-3-1)13-8-4-7-12-9-14-10-15(12)13;2*1-2/h1-5,8-9,11H,6-7H2;1-3,5-6,9-10,13H,4,7-8H2;2*1-2H3. The number of rotatable bonds is 2. The average Bonchev–Trinajstić information content (AvgIpc) is 3.63. The number of aromatic nitrogens is 4. The molecule has 2 unspecified atom stereocenters. The van der Waals surface area contributed by atoms with E-state index in [0.717, 1.165) is 12.1 Å². The van der Waals surface area contributed by atoms with E-state index in [0.29, 0.717) is 12.5 Å². The molecule has 35 heavy (non-hydrogen) atoms. The number of nitrogens with zero attached hydrogens (tertiary/aromatic N) is 4. The summed E-state index contributed by atoms with van der Waals surface area (Å²) in [6.45, 7) is 8.00. The van der Waals surface area contributed by atoms with Gasteiger partial charge in [-0.05, 0) is 36.8 Å². The topological polar surface area (TPSA) is 52.7 Å². The highest BCUT2D eigenvalue weighted by Gasteiger charge is 2.26. The van der Waals surface area contributed by atoms with Crippen LogP contribution in [-0.4, -0.2) is 24.9 Å². The van der Waals surface area contributed by atoms with Crippen molar-refractivity contribution in [2.24, 2.45) is 0 Å². The van der Waals surface area contributed by atoms with Crippen molar-refractivity contribution in [3.8, 4) is 0 Å². The number of benzene rings is 2. The number of hydrogen-bond acceptors (Lipinski definition) is 3. The quantitative estimate of drug-likeness (QED) is 0.309. The predicted molar refractivity (Wildman–Crippen MR) is 143 cm³/mol. The SMILES string of the molecule is CC.CC.O=C1CCC(c2ccccc2)n2cncc21.c1ccc(C2CCCc3cncn32)cc1. The minimum atomic E-state index is 0.199. The van der Waals surface area contributed by atoms with Crippen LogP contribution in [0, 0.1) is 0 Å². The number of ketones is 1. The van der Waals surface area contributed by atoms with Gasteiger partial charge in [-0.15, -0.1) is 0 Å². The second-order valence-corrected chi connectivity index (χ2v) is 8.19. The van der Waals surface area contributed by atoms with E-state index in [-0.39, 0.29) is 11.8 Å². The highest BCUT2D eigenvalue weighted by atomic mass is 16.1. The predicted octanol–water partition coefficient (Wildman–Crippen LogP) is 7.31. The highest BCUT2D eigenvalue weighted by molar-refractivity contribution is 5.95. The van der Waals surface area contributed by atoms with Gasteiger partial charge in [-0.2, -0.15) is 0 Å². The minimum Gasteiger partial charge on any atom is -0.327 e. The van der Waals surface area contributed by atoms with Gasteiger partial charge >= 0.3 is 0 Å². The van der Waals surface area contributed by atoms with E-state index in [1.54, 1.807) is 12.5 Å². The first-order chi connectivity index (χ1) is 17.3. The molecule has 2 aromatic carbocycles. The molecule has 2 aliphatic rings. The van der Waals surface area contributed by atoms with Crippen LogP contribution < -0.4 is 0 Å². The number of fused-ring (bicyclic) bond motifs is 2. The monoisotopic (exact) mass is 470 g/mol. The molecule has 2 aromatic heterocycles. The molecule has 0 amide bonds. The van der Waals surface area contributed by atoms with Crippen molar-refractivity contribution in [2.45, 2.75) is 71.9 Å². The van der Waals surface area contributed by atoms with Gasteiger partial charge in [-0.3, -0.25) is 4.79 Å². The average molecular weight is 471 g/mol. The zero-order valence-electron chi connectivity index (χ0n) is 21.5. The normalized spacial score (nSPS) is 17.8. The Kier molecular flexibility index (Phi) is 10.0. The summed E-state index contributed by atoms with van der Waals surface area (Å²) in [5.41, 5.74) is 4.75. The Hall–Kier alpha value is -3.47. The summed E-state index contributed by atoms with van der Waals surface area (Å²) in [5, 5.41) is 0. The van der Waals surface area contributed by atoms with E-state index in [4.69, 9.17) is 0 Å². The van der Waals surface area contributed by atoms with Crippen molar-refractivity contribution in [3.05, 3.63) is 108 Å². The van der Waals surface area contributed by atoms with Crippen molar-refractivity contribution in [1.29, 1.82) is 0 Å². The molecule has 0 saturated carbocycles. The van der Waals surface area contributed by atoms with Crippen molar-refractivity contribution in [2.75, 3.05) is 0 Å². The van der Waals surface area contributed by atoms with E-state index >= 15 is 0 Å². The third kappa shape index (κ3) is 6.16. The number of aryl methyl sites for hydroxylation is 1. The van der Waals surface area contributed by atoms with Crippen LogP contribution in [0.5, 0.6) is 0 Å². The lowest BCUT2D eigenvalue weighted by atomic mass is 9.96. The first-order valence-corrected chi connectivity index (χ1v) is 13.0. The molecule has 5 nitrogen and oxygen atoms in total. The molecule has 0 aliphatic carbocycles. The first kappa shape index (κ1) is 26.1. The maximum atomic E-state index is 11.7. The molecule has 0 N–H and O–H groups in total. The molecule has 0 spiro atoms. The number of Topliss-reactive ketones (excluding diaryl/α,β-unsaturated/α-hetero) is 1. The first-order valence-electron chi connectivity index (χ1n) is 13.0. The molecule has 0 saturated heterocycles. The summed E-state index contributed by atoms with van der Waals surface area (Å²) in [7, 11) is 0. The zero-order valence-corrected chi connectivity index (χ0v) is 21.5. The lowest BCUT2D eigenvalue weighted by Crippen LogP contribution is -2.22. The zero-order chi connectivity index (χ0) is 25.0. The molecule has 6 rings (SSSR count). The fourth-order valence-electron chi connectivity index (χ4n) is 4.73. The summed E-state index contributed by atoms with van der Waals surface area (Å²) in [6.07, 6.45) is 12.5. The van der Waals surface area contributed by atoms with Crippen LogP contribution in [0.15, 0.2) is 85.7 Å². The van der Waals surface area contributed by atoms with Gasteiger partial charge in [0.2, 0.25) is 0 Å². The molecule has 4 aromatic rings. The van der Waals surface area contributed by atoms with Gasteiger partial charge in [0, 0.05) is 18.3 Å². The molecular weight excluding hydrogens is 432 g/mol. The van der Waals surface area contributed by atoms with E-state index in [1.165, 1.54) is 36.1 Å². The van der Waals surface area contributed by atoms with Gasteiger partial charge in [-0.1, -0.05) is 88.4 Å². The lowest BCUT2D eigenvalue weighted by molar-refractivity contribution is 0.0948. The maximum absolute atomic E-state index is 11.7. The van der Waals surface area contributed by atoms with Crippen molar-refractivity contribution in [1.82, 2.24) is 19.1 Å². The van der Waals surface area contributed by atoms with Gasteiger partial charge in [0.1, 0.15) is 5.69 Å². The molecular formula is C30H38N4O. The van der Waals surface area contributed by atoms with E-state index < -0.39 is 0 Å². The van der Waals surface area contributed by atoms with E-state index in [1.807, 2.05) is 63.0 Å². The van der Waals surface area contributed by atoms with Crippen LogP contribution >= 0.6 is 0 Å². The Morgan fingerprint density at radius 3 is 1.86 bits per heavy atom. The summed E-state index contributed by atoms with van der Waals surface area (Å²) in [6, 6.07) is 21.7. The third-order valence-electron chi connectivity index (χ3n) is 6.29. The fraction of sp³-hybridized carbons (Fsp3) is 0.367. The van der Waals surface area contributed by atoms with Gasteiger partial charge in [-0.25, -0.2) is 9.97 Å². The van der Waals surface area contributed by atoms with Gasteiger partial charge in [0.25, 0.3) is 0 Å². The second kappa shape index (κ2) is 13.4. The van der Waals surface area contributed by atoms with Crippen molar-refractivity contribution >= 4 is 5.78 Å². The van der Waals surface area contributed by atoms with Crippen LogP contribution in [0.1, 0.15) is 92.8 Å². The lowest BCUT2D eigenvalue weighted by Gasteiger charge is -2.25. The molecule has 184 valence electrons. The largest absolute Gasteiger partial charge is 0.327 e. The number of carbonyl (C=O) groups is 1. The number of imidazole rings is 2. The molecule has 5 heteroatoms. The van der Waals surface area contributed by atoms with Crippen LogP contribution in [0.4, 0.5) is 0 Å². The van der Waals surface area contributed by atoms with Crippen LogP contribution in [-0.2, 0) is 6.42 Å². The van der Waals surface area contributed by atoms with E-state index in [2.05, 4.69) is 57.0 Å². The Labute approximate surface area is 209 Å². The molecule has 0 fully saturated rings. The summed E-state index contributed by atoms with van der Waals surface area (Å²) in [4.78, 5) is 20.0. The molecule has 4 heterocycles. The Morgan fingerprint density at radius 2 is 1.23 bits per heavy atom. The molecule has 2 atom stereocenters. The Balaban J connectivity index is 0.000000172. The van der Waals surface area contributed by atoms with Crippen LogP contribution in [0.2, 0.25) is 0 Å².